The van der Waals surface area contributed by atoms with Crippen LogP contribution in [0.5, 0.6) is 0 Å². The van der Waals surface area contributed by atoms with Crippen molar-refractivity contribution in [3.8, 4) is 5.69 Å². The van der Waals surface area contributed by atoms with Gasteiger partial charge in [0.05, 0.1) is 11.0 Å². The molecule has 0 saturated carbocycles. The number of carbonyl (C=O) groups is 1. The normalized spacial score (nSPS) is 11.2. The number of nitrogens with one attached hydrogen (secondary N) is 1. The molecule has 0 unspecified atom stereocenters. The topological polar surface area (TPSA) is 72.7 Å². The minimum atomic E-state index is -0.186. The average Bonchev–Trinajstić information content (AvgIpc) is 3.36. The van der Waals surface area contributed by atoms with Crippen molar-refractivity contribution < 1.29 is 4.79 Å². The van der Waals surface area contributed by atoms with Crippen LogP contribution in [0.15, 0.2) is 54.9 Å². The highest BCUT2D eigenvalue weighted by atomic mass is 32.1. The number of para-hydroxylation sites is 2. The van der Waals surface area contributed by atoms with Crippen LogP contribution in [0, 0.1) is 0 Å². The summed E-state index contributed by atoms with van der Waals surface area (Å²) >= 11 is 1.45. The van der Waals surface area contributed by atoms with Crippen molar-refractivity contribution in [1.29, 1.82) is 0 Å². The zero-order valence-corrected chi connectivity index (χ0v) is 16.6. The summed E-state index contributed by atoms with van der Waals surface area (Å²) in [5, 5.41) is 12.7. The fourth-order valence-corrected chi connectivity index (χ4v) is 4.20. The predicted molar refractivity (Wildman–Crippen MR) is 112 cm³/mol. The van der Waals surface area contributed by atoms with Crippen LogP contribution in [0.4, 0.5) is 5.13 Å². The molecule has 0 bridgehead atoms. The van der Waals surface area contributed by atoms with Gasteiger partial charge in [-0.2, -0.15) is 0 Å². The highest BCUT2D eigenvalue weighted by molar-refractivity contribution is 7.15. The summed E-state index contributed by atoms with van der Waals surface area (Å²) in [6.45, 7) is 4.28. The number of amides is 1. The summed E-state index contributed by atoms with van der Waals surface area (Å²) in [6.07, 6.45) is 3.83. The Balaban J connectivity index is 1.50. The number of anilines is 1. The highest BCUT2D eigenvalue weighted by Gasteiger charge is 2.15. The van der Waals surface area contributed by atoms with Gasteiger partial charge < -0.3 is 0 Å². The molecule has 28 heavy (non-hydrogen) atoms. The maximum Gasteiger partial charge on any atom is 0.257 e. The summed E-state index contributed by atoms with van der Waals surface area (Å²) in [5.74, 6) is 0.210. The summed E-state index contributed by atoms with van der Waals surface area (Å²) in [4.78, 5) is 17.0. The lowest BCUT2D eigenvalue weighted by Crippen LogP contribution is -2.11. The van der Waals surface area contributed by atoms with E-state index in [2.05, 4.69) is 34.3 Å². The number of aromatic nitrogens is 4. The largest absolute Gasteiger partial charge is 0.299 e. The van der Waals surface area contributed by atoms with E-state index in [1.807, 2.05) is 53.1 Å². The van der Waals surface area contributed by atoms with E-state index in [0.717, 1.165) is 34.6 Å². The van der Waals surface area contributed by atoms with Gasteiger partial charge in [0, 0.05) is 17.2 Å². The van der Waals surface area contributed by atoms with Crippen LogP contribution in [0.25, 0.3) is 16.7 Å². The molecule has 0 radical (unpaired) electrons. The van der Waals surface area contributed by atoms with Gasteiger partial charge in [-0.3, -0.25) is 14.7 Å². The van der Waals surface area contributed by atoms with Crippen LogP contribution in [0.3, 0.4) is 0 Å². The van der Waals surface area contributed by atoms with Crippen LogP contribution in [0.1, 0.15) is 48.0 Å². The van der Waals surface area contributed by atoms with Gasteiger partial charge in [-0.1, -0.05) is 37.3 Å². The Morgan fingerprint density at radius 2 is 1.82 bits per heavy atom. The number of rotatable bonds is 6. The molecule has 2 aromatic heterocycles. The van der Waals surface area contributed by atoms with Crippen molar-refractivity contribution in [2.24, 2.45) is 0 Å². The standard InChI is InChI=1S/C21H21N5OS/c1-3-14(4-2)20-24-25-21(28-20)23-19(27)15-9-11-16(12-10-15)26-13-22-17-7-5-6-8-18(17)26/h5-14H,3-4H2,1-2H3,(H,23,25,27). The zero-order chi connectivity index (χ0) is 19.5. The Morgan fingerprint density at radius 3 is 2.57 bits per heavy atom. The molecule has 0 saturated heterocycles. The first-order valence-corrected chi connectivity index (χ1v) is 10.2. The first kappa shape index (κ1) is 18.3. The number of fused-ring (bicyclic) bond motifs is 1. The molecule has 4 rings (SSSR count). The minimum Gasteiger partial charge on any atom is -0.299 e. The molecular formula is C21H21N5OS. The fraction of sp³-hybridized carbons (Fsp3) is 0.238. The third-order valence-electron chi connectivity index (χ3n) is 4.86. The SMILES string of the molecule is CCC(CC)c1nnc(NC(=O)c2ccc(-n3cnc4ccccc43)cc2)s1. The Hall–Kier alpha value is -3.06. The summed E-state index contributed by atoms with van der Waals surface area (Å²) in [7, 11) is 0. The lowest BCUT2D eigenvalue weighted by atomic mass is 10.1. The number of nitrogens with zero attached hydrogens (tertiary/aromatic N) is 4. The smallest absolute Gasteiger partial charge is 0.257 e. The van der Waals surface area contributed by atoms with Crippen LogP contribution in [-0.2, 0) is 0 Å². The van der Waals surface area contributed by atoms with Gasteiger partial charge in [-0.05, 0) is 49.2 Å². The lowest BCUT2D eigenvalue weighted by Gasteiger charge is -2.07. The van der Waals surface area contributed by atoms with E-state index < -0.39 is 0 Å². The van der Waals surface area contributed by atoms with E-state index in [0.29, 0.717) is 16.6 Å². The molecule has 0 aliphatic carbocycles. The lowest BCUT2D eigenvalue weighted by molar-refractivity contribution is 0.102. The number of benzene rings is 2. The number of hydrogen-bond donors (Lipinski definition) is 1. The van der Waals surface area contributed by atoms with Crippen molar-refractivity contribution in [3.63, 3.8) is 0 Å². The molecule has 2 aromatic carbocycles. The van der Waals surface area contributed by atoms with E-state index in [-0.39, 0.29) is 5.91 Å². The number of imidazole rings is 1. The molecule has 2 heterocycles. The Kier molecular flexibility index (Phi) is 5.16. The third-order valence-corrected chi connectivity index (χ3v) is 5.86. The first-order valence-electron chi connectivity index (χ1n) is 9.36. The number of hydrogen-bond acceptors (Lipinski definition) is 5. The molecular weight excluding hydrogens is 370 g/mol. The van der Waals surface area contributed by atoms with Gasteiger partial charge >= 0.3 is 0 Å². The van der Waals surface area contributed by atoms with Crippen molar-refractivity contribution in [1.82, 2.24) is 19.7 Å². The summed E-state index contributed by atoms with van der Waals surface area (Å²) < 4.78 is 2.00. The van der Waals surface area contributed by atoms with Crippen molar-refractivity contribution in [2.75, 3.05) is 5.32 Å². The van der Waals surface area contributed by atoms with Gasteiger partial charge in [-0.25, -0.2) is 4.98 Å². The molecule has 0 spiro atoms. The van der Waals surface area contributed by atoms with E-state index in [1.54, 1.807) is 6.33 Å². The second-order valence-corrected chi connectivity index (χ2v) is 7.57. The predicted octanol–water partition coefficient (Wildman–Crippen LogP) is 5.03. The maximum atomic E-state index is 12.6. The molecule has 142 valence electrons. The second-order valence-electron chi connectivity index (χ2n) is 6.56. The fourth-order valence-electron chi connectivity index (χ4n) is 3.20. The van der Waals surface area contributed by atoms with Crippen molar-refractivity contribution >= 4 is 33.4 Å². The van der Waals surface area contributed by atoms with E-state index >= 15 is 0 Å². The van der Waals surface area contributed by atoms with E-state index in [4.69, 9.17) is 0 Å². The summed E-state index contributed by atoms with van der Waals surface area (Å²) in [5.41, 5.74) is 3.50. The first-order chi connectivity index (χ1) is 13.7. The molecule has 1 N–H and O–H groups in total. The highest BCUT2D eigenvalue weighted by Crippen LogP contribution is 2.28. The van der Waals surface area contributed by atoms with Gasteiger partial charge in [0.25, 0.3) is 5.91 Å². The number of carbonyl (C=O) groups excluding carboxylic acids is 1. The quantitative estimate of drug-likeness (QED) is 0.500. The van der Waals surface area contributed by atoms with Crippen LogP contribution in [-0.4, -0.2) is 25.7 Å². The Bertz CT molecular complexity index is 1100. The zero-order valence-electron chi connectivity index (χ0n) is 15.8. The molecule has 1 amide bonds. The average molecular weight is 392 g/mol. The van der Waals surface area contributed by atoms with Gasteiger partial charge in [0.1, 0.15) is 11.3 Å². The molecule has 0 atom stereocenters. The van der Waals surface area contributed by atoms with Gasteiger partial charge in [0.15, 0.2) is 0 Å². The van der Waals surface area contributed by atoms with Crippen LogP contribution < -0.4 is 5.32 Å². The molecule has 4 aromatic rings. The monoisotopic (exact) mass is 391 g/mol. The van der Waals surface area contributed by atoms with E-state index in [1.165, 1.54) is 11.3 Å². The third kappa shape index (κ3) is 3.53. The molecule has 0 aliphatic rings. The maximum absolute atomic E-state index is 12.6. The molecule has 0 aliphatic heterocycles. The Labute approximate surface area is 167 Å². The minimum absolute atomic E-state index is 0.186. The molecule has 6 nitrogen and oxygen atoms in total. The van der Waals surface area contributed by atoms with Crippen LogP contribution in [0.2, 0.25) is 0 Å². The van der Waals surface area contributed by atoms with Crippen LogP contribution >= 0.6 is 11.3 Å². The van der Waals surface area contributed by atoms with Crippen molar-refractivity contribution in [3.05, 3.63) is 65.4 Å². The summed E-state index contributed by atoms with van der Waals surface area (Å²) in [6, 6.07) is 15.4. The van der Waals surface area contributed by atoms with Gasteiger partial charge in [0.2, 0.25) is 5.13 Å². The van der Waals surface area contributed by atoms with Gasteiger partial charge in [-0.15, -0.1) is 10.2 Å². The molecule has 7 heteroatoms. The Morgan fingerprint density at radius 1 is 1.07 bits per heavy atom. The van der Waals surface area contributed by atoms with E-state index in [9.17, 15) is 4.79 Å². The molecule has 0 fully saturated rings. The second kappa shape index (κ2) is 7.90. The van der Waals surface area contributed by atoms with Crippen molar-refractivity contribution in [2.45, 2.75) is 32.6 Å².